The van der Waals surface area contributed by atoms with Gasteiger partial charge < -0.3 is 10.1 Å². The van der Waals surface area contributed by atoms with Crippen molar-refractivity contribution in [2.75, 3.05) is 18.2 Å². The van der Waals surface area contributed by atoms with E-state index in [4.69, 9.17) is 4.74 Å². The number of carbonyl (C=O) groups excluding carboxylic acids is 1. The highest BCUT2D eigenvalue weighted by Crippen LogP contribution is 2.58. The van der Waals surface area contributed by atoms with E-state index >= 15 is 0 Å². The van der Waals surface area contributed by atoms with E-state index in [1.807, 2.05) is 0 Å². The summed E-state index contributed by atoms with van der Waals surface area (Å²) in [6.45, 7) is 2.64. The van der Waals surface area contributed by atoms with Crippen LogP contribution in [-0.2, 0) is 27.3 Å². The summed E-state index contributed by atoms with van der Waals surface area (Å²) in [5.41, 5.74) is -2.32. The Balaban J connectivity index is 1.54. The summed E-state index contributed by atoms with van der Waals surface area (Å²) in [6, 6.07) is 2.43. The van der Waals surface area contributed by atoms with Crippen LogP contribution in [0.15, 0.2) is 23.4 Å². The van der Waals surface area contributed by atoms with Crippen LogP contribution < -0.4 is 5.32 Å². The van der Waals surface area contributed by atoms with Crippen LogP contribution in [0.1, 0.15) is 60.3 Å². The van der Waals surface area contributed by atoms with Crippen LogP contribution in [0.3, 0.4) is 0 Å². The highest BCUT2D eigenvalue weighted by molar-refractivity contribution is 7.90. The number of hydrogen-bond donors (Lipinski definition) is 1. The van der Waals surface area contributed by atoms with Crippen LogP contribution in [0.4, 0.5) is 18.9 Å². The number of nitrogens with zero attached hydrogens (tertiary/aromatic N) is 3. The van der Waals surface area contributed by atoms with Gasteiger partial charge in [0.05, 0.1) is 24.4 Å². The summed E-state index contributed by atoms with van der Waals surface area (Å²) in [6.07, 6.45) is -0.0868. The van der Waals surface area contributed by atoms with E-state index in [1.54, 1.807) is 0 Å². The number of nitrogens with one attached hydrogen (secondary N) is 1. The minimum absolute atomic E-state index is 0.0147. The zero-order valence-electron chi connectivity index (χ0n) is 18.1. The van der Waals surface area contributed by atoms with Gasteiger partial charge in [-0.3, -0.25) is 9.48 Å². The van der Waals surface area contributed by atoms with Gasteiger partial charge in [0.1, 0.15) is 11.3 Å². The molecule has 4 heterocycles. The van der Waals surface area contributed by atoms with Crippen molar-refractivity contribution in [1.29, 1.82) is 0 Å². The molecule has 1 N–H and O–H groups in total. The lowest BCUT2D eigenvalue weighted by molar-refractivity contribution is -0.138. The fraction of sp³-hybridized carbons (Fsp3) is 0.571. The molecule has 12 heteroatoms. The lowest BCUT2D eigenvalue weighted by Crippen LogP contribution is -2.46. The van der Waals surface area contributed by atoms with Gasteiger partial charge >= 0.3 is 6.18 Å². The van der Waals surface area contributed by atoms with Crippen molar-refractivity contribution in [3.8, 4) is 0 Å². The highest BCUT2D eigenvalue weighted by atomic mass is 32.2. The third-order valence-electron chi connectivity index (χ3n) is 6.48. The number of sulfone groups is 1. The van der Waals surface area contributed by atoms with Crippen molar-refractivity contribution in [3.63, 3.8) is 0 Å². The monoisotopic (exact) mass is 484 g/mol. The van der Waals surface area contributed by atoms with Crippen molar-refractivity contribution in [3.05, 3.63) is 35.3 Å². The molecule has 33 heavy (non-hydrogen) atoms. The number of anilines is 1. The Morgan fingerprint density at radius 1 is 1.33 bits per heavy atom. The molecule has 2 aromatic rings. The SMILES string of the molecule is CC12COC(Cn3nc(C4CC4)c(C(F)(F)F)c3C(=O)Nc3ccnc(S(C)(=O)=O)c3)(C1)C2. The van der Waals surface area contributed by atoms with Gasteiger partial charge in [0.15, 0.2) is 14.9 Å². The molecule has 0 radical (unpaired) electrons. The molecule has 2 bridgehead atoms. The summed E-state index contributed by atoms with van der Waals surface area (Å²) in [4.78, 5) is 16.9. The van der Waals surface area contributed by atoms with Crippen LogP contribution >= 0.6 is 0 Å². The van der Waals surface area contributed by atoms with E-state index < -0.39 is 38.8 Å². The molecule has 0 unspecified atom stereocenters. The minimum atomic E-state index is -4.78. The molecule has 2 aliphatic heterocycles. The third-order valence-corrected chi connectivity index (χ3v) is 7.46. The van der Waals surface area contributed by atoms with Crippen LogP contribution in [-0.4, -0.2) is 47.6 Å². The number of rotatable bonds is 6. The number of hydrogen-bond acceptors (Lipinski definition) is 6. The Kier molecular flexibility index (Phi) is 4.75. The Hall–Kier alpha value is -2.47. The molecule has 1 amide bonds. The maximum absolute atomic E-state index is 14.2. The van der Waals surface area contributed by atoms with Crippen molar-refractivity contribution < 1.29 is 31.1 Å². The number of pyridine rings is 1. The molecule has 6 rings (SSSR count). The first-order valence-corrected chi connectivity index (χ1v) is 12.5. The van der Waals surface area contributed by atoms with Crippen LogP contribution in [0.25, 0.3) is 0 Å². The molecule has 8 nitrogen and oxygen atoms in total. The average molecular weight is 485 g/mol. The van der Waals surface area contributed by atoms with Crippen molar-refractivity contribution in [2.45, 2.75) is 61.9 Å². The third kappa shape index (κ3) is 4.03. The summed E-state index contributed by atoms with van der Waals surface area (Å²) in [5, 5.41) is 6.37. The number of aromatic nitrogens is 3. The van der Waals surface area contributed by atoms with E-state index in [2.05, 4.69) is 22.3 Å². The van der Waals surface area contributed by atoms with Crippen molar-refractivity contribution in [1.82, 2.24) is 14.8 Å². The van der Waals surface area contributed by atoms with Crippen LogP contribution in [0.2, 0.25) is 0 Å². The van der Waals surface area contributed by atoms with Crippen molar-refractivity contribution >= 4 is 21.4 Å². The second-order valence-corrected chi connectivity index (χ2v) is 11.7. The van der Waals surface area contributed by atoms with Crippen molar-refractivity contribution in [2.24, 2.45) is 5.41 Å². The Morgan fingerprint density at radius 3 is 2.58 bits per heavy atom. The lowest BCUT2D eigenvalue weighted by Gasteiger charge is -2.42. The largest absolute Gasteiger partial charge is 0.420 e. The molecule has 2 aromatic heterocycles. The maximum Gasteiger partial charge on any atom is 0.420 e. The first-order valence-electron chi connectivity index (χ1n) is 10.6. The smallest absolute Gasteiger partial charge is 0.372 e. The lowest BCUT2D eigenvalue weighted by atomic mass is 9.64. The van der Waals surface area contributed by atoms with Gasteiger partial charge in [0.25, 0.3) is 5.91 Å². The summed E-state index contributed by atoms with van der Waals surface area (Å²) in [7, 11) is -3.67. The first kappa shape index (κ1) is 22.3. The minimum Gasteiger partial charge on any atom is -0.372 e. The topological polar surface area (TPSA) is 103 Å². The van der Waals surface area contributed by atoms with Gasteiger partial charge in [-0.2, -0.15) is 18.3 Å². The standard InChI is InChI=1S/C21H23F3N4O4S/c1-19-8-20(9-19,32-11-19)10-28-17(15(21(22,23)24)16(27-28)12-3-4-12)18(29)26-13-5-6-25-14(7-13)33(2,30)31/h5-7,12H,3-4,8-11H2,1-2H3,(H,25,26,29). The van der Waals surface area contributed by atoms with E-state index in [-0.39, 0.29) is 34.3 Å². The number of carbonyl (C=O) groups is 1. The van der Waals surface area contributed by atoms with E-state index in [9.17, 15) is 26.4 Å². The van der Waals surface area contributed by atoms with Gasteiger partial charge in [0, 0.05) is 24.1 Å². The predicted octanol–water partition coefficient (Wildman–Crippen LogP) is 3.40. The zero-order chi connectivity index (χ0) is 23.8. The van der Waals surface area contributed by atoms with E-state index in [0.29, 0.717) is 32.3 Å². The molecule has 178 valence electrons. The normalized spacial score (nSPS) is 26.8. The Labute approximate surface area is 188 Å². The number of amides is 1. The molecule has 0 aromatic carbocycles. The van der Waals surface area contributed by atoms with Gasteiger partial charge in [-0.1, -0.05) is 6.92 Å². The van der Waals surface area contributed by atoms with E-state index in [1.165, 1.54) is 12.3 Å². The fourth-order valence-electron chi connectivity index (χ4n) is 5.09. The maximum atomic E-state index is 14.2. The highest BCUT2D eigenvalue weighted by Gasteiger charge is 2.60. The van der Waals surface area contributed by atoms with Gasteiger partial charge in [-0.05, 0) is 43.2 Å². The van der Waals surface area contributed by atoms with Gasteiger partial charge in [-0.25, -0.2) is 13.4 Å². The molecule has 2 aliphatic carbocycles. The second kappa shape index (κ2) is 7.02. The average Bonchev–Trinajstić information content (AvgIpc) is 3.27. The quantitative estimate of drug-likeness (QED) is 0.674. The fourth-order valence-corrected chi connectivity index (χ4v) is 5.69. The zero-order valence-corrected chi connectivity index (χ0v) is 18.9. The van der Waals surface area contributed by atoms with Crippen LogP contribution in [0, 0.1) is 5.41 Å². The summed E-state index contributed by atoms with van der Waals surface area (Å²) in [5.74, 6) is -1.34. The Bertz CT molecular complexity index is 1240. The molecule has 4 aliphatic rings. The summed E-state index contributed by atoms with van der Waals surface area (Å²) >= 11 is 0. The molecule has 0 spiro atoms. The predicted molar refractivity (Wildman–Crippen MR) is 111 cm³/mol. The molecular weight excluding hydrogens is 461 g/mol. The number of fused-ring (bicyclic) bond motifs is 1. The molecule has 2 saturated heterocycles. The van der Waals surface area contributed by atoms with Gasteiger partial charge in [-0.15, -0.1) is 0 Å². The van der Waals surface area contributed by atoms with Gasteiger partial charge in [0.2, 0.25) is 0 Å². The molecule has 4 fully saturated rings. The number of alkyl halides is 3. The first-order chi connectivity index (χ1) is 15.3. The molecule has 2 saturated carbocycles. The Morgan fingerprint density at radius 2 is 2.03 bits per heavy atom. The summed E-state index contributed by atoms with van der Waals surface area (Å²) < 4.78 is 73.0. The second-order valence-electron chi connectivity index (χ2n) is 9.78. The van der Waals surface area contributed by atoms with E-state index in [0.717, 1.165) is 17.0 Å². The molecule has 0 atom stereocenters. The van der Waals surface area contributed by atoms with Crippen LogP contribution in [0.5, 0.6) is 0 Å². The number of ether oxygens (including phenoxy) is 1. The molecular formula is C21H23F3N4O4S. The number of halogens is 3.